The fourth-order valence-corrected chi connectivity index (χ4v) is 2.03. The number of methoxy groups -OCH3 is 1. The van der Waals surface area contributed by atoms with Gasteiger partial charge in [-0.2, -0.15) is 5.26 Å². The third kappa shape index (κ3) is 2.62. The van der Waals surface area contributed by atoms with E-state index in [0.29, 0.717) is 29.5 Å². The smallest absolute Gasteiger partial charge is 0.212 e. The topological polar surface area (TPSA) is 86.6 Å². The van der Waals surface area contributed by atoms with Crippen LogP contribution in [0.3, 0.4) is 0 Å². The van der Waals surface area contributed by atoms with Gasteiger partial charge in [0.15, 0.2) is 0 Å². The van der Waals surface area contributed by atoms with Gasteiger partial charge in [-0.1, -0.05) is 12.1 Å². The molecule has 3 rings (SSSR count). The van der Waals surface area contributed by atoms with Gasteiger partial charge in [-0.3, -0.25) is 0 Å². The first-order chi connectivity index (χ1) is 10.3. The number of hydrogen-bond donors (Lipinski definition) is 2. The van der Waals surface area contributed by atoms with Gasteiger partial charge in [-0.15, -0.1) is 0 Å². The highest BCUT2D eigenvalue weighted by atomic mass is 16.5. The van der Waals surface area contributed by atoms with Crippen LogP contribution in [0, 0.1) is 11.3 Å². The number of nitriles is 1. The lowest BCUT2D eigenvalue weighted by Gasteiger charge is -2.03. The number of imidazole rings is 1. The molecule has 2 aromatic heterocycles. The first-order valence-corrected chi connectivity index (χ1v) is 6.42. The number of ether oxygens (including phenoxy) is 1. The molecule has 1 aromatic carbocycles. The van der Waals surface area contributed by atoms with Crippen LogP contribution in [-0.2, 0) is 6.54 Å². The molecule has 0 radical (unpaired) electrons. The fraction of sp³-hybridized carbons (Fsp3) is 0.133. The molecule has 0 aliphatic carbocycles. The Morgan fingerprint density at radius 3 is 2.95 bits per heavy atom. The molecule has 6 nitrogen and oxygen atoms in total. The number of aromatic amines is 1. The second kappa shape index (κ2) is 5.51. The maximum Gasteiger partial charge on any atom is 0.212 e. The molecule has 21 heavy (non-hydrogen) atoms. The van der Waals surface area contributed by atoms with Gasteiger partial charge in [0, 0.05) is 18.8 Å². The van der Waals surface area contributed by atoms with Crippen LogP contribution in [0.5, 0.6) is 5.88 Å². The van der Waals surface area contributed by atoms with Crippen LogP contribution in [0.25, 0.3) is 11.0 Å². The lowest BCUT2D eigenvalue weighted by molar-refractivity contribution is 0.397. The largest absolute Gasteiger partial charge is 0.481 e. The summed E-state index contributed by atoms with van der Waals surface area (Å²) >= 11 is 0. The molecule has 0 aliphatic rings. The van der Waals surface area contributed by atoms with E-state index in [0.717, 1.165) is 11.1 Å². The Labute approximate surface area is 121 Å². The van der Waals surface area contributed by atoms with Crippen molar-refractivity contribution in [2.75, 3.05) is 12.4 Å². The molecule has 6 heteroatoms. The van der Waals surface area contributed by atoms with Crippen molar-refractivity contribution in [3.8, 4) is 11.9 Å². The number of para-hydroxylation sites is 1. The van der Waals surface area contributed by atoms with E-state index < -0.39 is 0 Å². The Morgan fingerprint density at radius 1 is 1.33 bits per heavy atom. The second-order valence-corrected chi connectivity index (χ2v) is 4.46. The summed E-state index contributed by atoms with van der Waals surface area (Å²) in [6.45, 7) is 0.582. The molecular formula is C15H13N5O. The van der Waals surface area contributed by atoms with Crippen LogP contribution < -0.4 is 10.1 Å². The Morgan fingerprint density at radius 2 is 2.24 bits per heavy atom. The molecule has 0 bridgehead atoms. The number of rotatable bonds is 4. The SMILES string of the molecule is COc1ccc(CNc2nc3c(C#N)cccc3[nH]2)cn1. The van der Waals surface area contributed by atoms with Crippen LogP contribution in [0.4, 0.5) is 5.95 Å². The van der Waals surface area contributed by atoms with E-state index in [-0.39, 0.29) is 0 Å². The highest BCUT2D eigenvalue weighted by molar-refractivity contribution is 5.83. The van der Waals surface area contributed by atoms with Gasteiger partial charge in [0.05, 0.1) is 18.2 Å². The molecule has 0 atom stereocenters. The van der Waals surface area contributed by atoms with Crippen molar-refractivity contribution in [3.05, 3.63) is 47.7 Å². The molecule has 0 saturated heterocycles. The van der Waals surface area contributed by atoms with E-state index in [1.807, 2.05) is 24.3 Å². The van der Waals surface area contributed by atoms with E-state index in [4.69, 9.17) is 10.00 Å². The molecule has 0 amide bonds. The molecule has 3 aromatic rings. The summed E-state index contributed by atoms with van der Waals surface area (Å²) in [4.78, 5) is 11.7. The Bertz CT molecular complexity index is 801. The number of anilines is 1. The van der Waals surface area contributed by atoms with E-state index in [9.17, 15) is 0 Å². The van der Waals surface area contributed by atoms with Crippen molar-refractivity contribution in [1.29, 1.82) is 5.26 Å². The minimum absolute atomic E-state index is 0.558. The van der Waals surface area contributed by atoms with Crippen molar-refractivity contribution in [2.45, 2.75) is 6.54 Å². The van der Waals surface area contributed by atoms with Crippen molar-refractivity contribution < 1.29 is 4.74 Å². The van der Waals surface area contributed by atoms with Crippen LogP contribution in [0.15, 0.2) is 36.5 Å². The number of H-pyrrole nitrogens is 1. The van der Waals surface area contributed by atoms with E-state index in [1.54, 1.807) is 19.4 Å². The average Bonchev–Trinajstić information content (AvgIpc) is 2.96. The third-order valence-electron chi connectivity index (χ3n) is 3.10. The number of fused-ring (bicyclic) bond motifs is 1. The summed E-state index contributed by atoms with van der Waals surface area (Å²) in [5, 5.41) is 12.2. The van der Waals surface area contributed by atoms with Gasteiger partial charge in [-0.05, 0) is 17.7 Å². The van der Waals surface area contributed by atoms with E-state index in [1.165, 1.54) is 0 Å². The number of hydrogen-bond acceptors (Lipinski definition) is 5. The maximum absolute atomic E-state index is 9.06. The summed E-state index contributed by atoms with van der Waals surface area (Å²) in [6, 6.07) is 11.3. The number of pyridine rings is 1. The molecule has 0 unspecified atom stereocenters. The normalized spacial score (nSPS) is 10.3. The highest BCUT2D eigenvalue weighted by Gasteiger charge is 2.06. The summed E-state index contributed by atoms with van der Waals surface area (Å²) in [6.07, 6.45) is 1.75. The van der Waals surface area contributed by atoms with Gasteiger partial charge < -0.3 is 15.0 Å². The van der Waals surface area contributed by atoms with Gasteiger partial charge in [0.25, 0.3) is 0 Å². The van der Waals surface area contributed by atoms with E-state index >= 15 is 0 Å². The predicted octanol–water partition coefficient (Wildman–Crippen LogP) is 2.45. The average molecular weight is 279 g/mol. The number of benzene rings is 1. The second-order valence-electron chi connectivity index (χ2n) is 4.46. The zero-order valence-electron chi connectivity index (χ0n) is 11.4. The Balaban J connectivity index is 1.77. The quantitative estimate of drug-likeness (QED) is 0.766. The Kier molecular flexibility index (Phi) is 3.39. The summed E-state index contributed by atoms with van der Waals surface area (Å²) < 4.78 is 5.02. The molecule has 104 valence electrons. The van der Waals surface area contributed by atoms with Crippen LogP contribution in [-0.4, -0.2) is 22.1 Å². The van der Waals surface area contributed by atoms with Crippen molar-refractivity contribution in [2.24, 2.45) is 0 Å². The molecule has 2 N–H and O–H groups in total. The number of nitrogens with one attached hydrogen (secondary N) is 2. The van der Waals surface area contributed by atoms with E-state index in [2.05, 4.69) is 26.3 Å². The minimum Gasteiger partial charge on any atom is -0.481 e. The monoisotopic (exact) mass is 279 g/mol. The standard InChI is InChI=1S/C15H13N5O/c1-21-13-6-5-10(8-17-13)9-18-15-19-12-4-2-3-11(7-16)14(12)20-15/h2-6,8H,9H2,1H3,(H2,18,19,20). The summed E-state index contributed by atoms with van der Waals surface area (Å²) in [5.41, 5.74) is 3.08. The zero-order chi connectivity index (χ0) is 14.7. The van der Waals surface area contributed by atoms with Gasteiger partial charge in [-0.25, -0.2) is 9.97 Å². The molecule has 2 heterocycles. The van der Waals surface area contributed by atoms with Crippen LogP contribution in [0.1, 0.15) is 11.1 Å². The molecule has 0 fully saturated rings. The third-order valence-corrected chi connectivity index (χ3v) is 3.10. The first-order valence-electron chi connectivity index (χ1n) is 6.42. The molecule has 0 saturated carbocycles. The minimum atomic E-state index is 0.558. The lowest BCUT2D eigenvalue weighted by Crippen LogP contribution is -2.01. The Hall–Kier alpha value is -3.07. The van der Waals surface area contributed by atoms with Gasteiger partial charge in [0.2, 0.25) is 11.8 Å². The number of nitrogens with zero attached hydrogens (tertiary/aromatic N) is 3. The summed E-state index contributed by atoms with van der Waals surface area (Å²) in [5.74, 6) is 1.21. The maximum atomic E-state index is 9.06. The number of aromatic nitrogens is 3. The van der Waals surface area contributed by atoms with Crippen molar-refractivity contribution in [3.63, 3.8) is 0 Å². The molecular weight excluding hydrogens is 266 g/mol. The highest BCUT2D eigenvalue weighted by Crippen LogP contribution is 2.18. The first kappa shape index (κ1) is 12.9. The fourth-order valence-electron chi connectivity index (χ4n) is 2.03. The van der Waals surface area contributed by atoms with Crippen LogP contribution in [0.2, 0.25) is 0 Å². The molecule has 0 spiro atoms. The van der Waals surface area contributed by atoms with Gasteiger partial charge >= 0.3 is 0 Å². The van der Waals surface area contributed by atoms with Crippen molar-refractivity contribution in [1.82, 2.24) is 15.0 Å². The van der Waals surface area contributed by atoms with Gasteiger partial charge in [0.1, 0.15) is 11.6 Å². The van der Waals surface area contributed by atoms with Crippen molar-refractivity contribution >= 4 is 17.0 Å². The summed E-state index contributed by atoms with van der Waals surface area (Å²) in [7, 11) is 1.58. The predicted molar refractivity (Wildman–Crippen MR) is 78.9 cm³/mol. The lowest BCUT2D eigenvalue weighted by atomic mass is 10.2. The molecule has 0 aliphatic heterocycles. The zero-order valence-corrected chi connectivity index (χ0v) is 11.4. The van der Waals surface area contributed by atoms with Crippen LogP contribution >= 0.6 is 0 Å².